The number of nitriles is 2. The minimum atomic E-state index is -2.76. The second-order valence-corrected chi connectivity index (χ2v) is 2.52. The van der Waals surface area contributed by atoms with Crippen LogP contribution in [-0.2, 0) is 6.42 Å². The fourth-order valence-electron chi connectivity index (χ4n) is 0.970. The molecule has 0 unspecified atom stereocenters. The van der Waals surface area contributed by atoms with E-state index in [0.717, 1.165) is 0 Å². The summed E-state index contributed by atoms with van der Waals surface area (Å²) < 4.78 is 24.5. The Balaban J connectivity index is 3.15. The van der Waals surface area contributed by atoms with E-state index < -0.39 is 12.1 Å². The molecule has 14 heavy (non-hydrogen) atoms. The first-order chi connectivity index (χ1) is 6.69. The van der Waals surface area contributed by atoms with Gasteiger partial charge in [0, 0.05) is 6.20 Å². The van der Waals surface area contributed by atoms with Crippen LogP contribution in [0.1, 0.15) is 23.2 Å². The summed E-state index contributed by atoms with van der Waals surface area (Å²) in [5, 5.41) is 16.9. The molecule has 0 atom stereocenters. The molecule has 3 nitrogen and oxygen atoms in total. The van der Waals surface area contributed by atoms with Crippen molar-refractivity contribution in [2.75, 3.05) is 0 Å². The zero-order valence-corrected chi connectivity index (χ0v) is 7.04. The Morgan fingerprint density at radius 1 is 1.43 bits per heavy atom. The number of halogens is 2. The van der Waals surface area contributed by atoms with Crippen molar-refractivity contribution >= 4 is 0 Å². The summed E-state index contributed by atoms with van der Waals surface area (Å²) in [6.07, 6.45) is -1.52. The molecular formula is C9H5F2N3. The average molecular weight is 193 g/mol. The van der Waals surface area contributed by atoms with Gasteiger partial charge in [-0.25, -0.2) is 8.78 Å². The highest BCUT2D eigenvalue weighted by Crippen LogP contribution is 2.20. The number of pyridine rings is 1. The topological polar surface area (TPSA) is 60.5 Å². The summed E-state index contributed by atoms with van der Waals surface area (Å²) in [5.74, 6) is 0. The van der Waals surface area contributed by atoms with Crippen molar-refractivity contribution in [2.24, 2.45) is 0 Å². The molecular weight excluding hydrogens is 188 g/mol. The van der Waals surface area contributed by atoms with E-state index in [1.54, 1.807) is 6.07 Å². The number of nitrogens with zero attached hydrogens (tertiary/aromatic N) is 3. The lowest BCUT2D eigenvalue weighted by molar-refractivity contribution is 0.145. The van der Waals surface area contributed by atoms with Crippen LogP contribution in [-0.4, -0.2) is 4.98 Å². The second kappa shape index (κ2) is 4.29. The minimum Gasteiger partial charge on any atom is -0.254 e. The summed E-state index contributed by atoms with van der Waals surface area (Å²) in [6, 6.07) is 4.73. The Hall–Kier alpha value is -2.01. The third-order valence-electron chi connectivity index (χ3n) is 1.59. The molecule has 0 aromatic carbocycles. The van der Waals surface area contributed by atoms with Crippen LogP contribution >= 0.6 is 0 Å². The molecule has 5 heteroatoms. The molecule has 0 aliphatic carbocycles. The van der Waals surface area contributed by atoms with Crippen molar-refractivity contribution in [2.45, 2.75) is 12.8 Å². The van der Waals surface area contributed by atoms with Crippen molar-refractivity contribution in [3.05, 3.63) is 29.1 Å². The van der Waals surface area contributed by atoms with Gasteiger partial charge in [0.1, 0.15) is 11.8 Å². The van der Waals surface area contributed by atoms with Crippen molar-refractivity contribution in [3.8, 4) is 12.1 Å². The maximum absolute atomic E-state index is 12.3. The molecule has 1 heterocycles. The molecule has 0 aliphatic heterocycles. The smallest absolute Gasteiger partial charge is 0.254 e. The fraction of sp³-hybridized carbons (Fsp3) is 0.222. The SMILES string of the molecule is N#CCc1cnc(C(F)F)c(C#N)c1. The first-order valence-corrected chi connectivity index (χ1v) is 3.73. The van der Waals surface area contributed by atoms with Crippen LogP contribution in [0.3, 0.4) is 0 Å². The Bertz CT molecular complexity index is 415. The van der Waals surface area contributed by atoms with Gasteiger partial charge in [-0.3, -0.25) is 4.98 Å². The largest absolute Gasteiger partial charge is 0.281 e. The molecule has 1 aromatic rings. The lowest BCUT2D eigenvalue weighted by Crippen LogP contribution is -1.97. The van der Waals surface area contributed by atoms with E-state index in [0.29, 0.717) is 5.56 Å². The third-order valence-corrected chi connectivity index (χ3v) is 1.59. The van der Waals surface area contributed by atoms with Crippen molar-refractivity contribution in [1.29, 1.82) is 10.5 Å². The maximum atomic E-state index is 12.3. The van der Waals surface area contributed by atoms with E-state index in [2.05, 4.69) is 4.98 Å². The minimum absolute atomic E-state index is 0.0607. The maximum Gasteiger partial charge on any atom is 0.281 e. The summed E-state index contributed by atoms with van der Waals surface area (Å²) in [7, 11) is 0. The van der Waals surface area contributed by atoms with Gasteiger partial charge < -0.3 is 0 Å². The lowest BCUT2D eigenvalue weighted by atomic mass is 10.1. The summed E-state index contributed by atoms with van der Waals surface area (Å²) in [4.78, 5) is 3.44. The predicted octanol–water partition coefficient (Wildman–Crippen LogP) is 1.96. The van der Waals surface area contributed by atoms with Crippen molar-refractivity contribution in [3.63, 3.8) is 0 Å². The molecule has 1 rings (SSSR count). The highest BCUT2D eigenvalue weighted by atomic mass is 19.3. The van der Waals surface area contributed by atoms with E-state index in [9.17, 15) is 8.78 Å². The summed E-state index contributed by atoms with van der Waals surface area (Å²) in [6.45, 7) is 0. The number of alkyl halides is 2. The number of aromatic nitrogens is 1. The lowest BCUT2D eigenvalue weighted by Gasteiger charge is -2.02. The van der Waals surface area contributed by atoms with E-state index in [1.807, 2.05) is 6.07 Å². The summed E-state index contributed by atoms with van der Waals surface area (Å²) >= 11 is 0. The Labute approximate surface area is 79.2 Å². The van der Waals surface area contributed by atoms with E-state index >= 15 is 0 Å². The van der Waals surface area contributed by atoms with Crippen LogP contribution in [0.25, 0.3) is 0 Å². The molecule has 70 valence electrons. The van der Waals surface area contributed by atoms with Crippen molar-refractivity contribution < 1.29 is 8.78 Å². The van der Waals surface area contributed by atoms with Crippen LogP contribution in [0.4, 0.5) is 8.78 Å². The highest BCUT2D eigenvalue weighted by Gasteiger charge is 2.14. The predicted molar refractivity (Wildman–Crippen MR) is 43.2 cm³/mol. The average Bonchev–Trinajstić information content (AvgIpc) is 2.17. The monoisotopic (exact) mass is 193 g/mol. The van der Waals surface area contributed by atoms with Crippen LogP contribution in [0.5, 0.6) is 0 Å². The Morgan fingerprint density at radius 2 is 2.14 bits per heavy atom. The Kier molecular flexibility index (Phi) is 3.09. The quantitative estimate of drug-likeness (QED) is 0.721. The molecule has 0 N–H and O–H groups in total. The van der Waals surface area contributed by atoms with Crippen LogP contribution in [0, 0.1) is 22.7 Å². The van der Waals surface area contributed by atoms with Gasteiger partial charge in [-0.15, -0.1) is 0 Å². The van der Waals surface area contributed by atoms with Gasteiger partial charge in [-0.05, 0) is 11.6 Å². The van der Waals surface area contributed by atoms with Gasteiger partial charge in [0.15, 0.2) is 0 Å². The van der Waals surface area contributed by atoms with Crippen molar-refractivity contribution in [1.82, 2.24) is 4.98 Å². The molecule has 0 fully saturated rings. The number of hydrogen-bond donors (Lipinski definition) is 0. The second-order valence-electron chi connectivity index (χ2n) is 2.52. The molecule has 0 saturated heterocycles. The van der Waals surface area contributed by atoms with Gasteiger partial charge in [0.2, 0.25) is 0 Å². The van der Waals surface area contributed by atoms with E-state index in [4.69, 9.17) is 10.5 Å². The Morgan fingerprint density at radius 3 is 2.64 bits per heavy atom. The van der Waals surface area contributed by atoms with E-state index in [1.165, 1.54) is 12.3 Å². The number of rotatable bonds is 2. The first-order valence-electron chi connectivity index (χ1n) is 3.73. The first kappa shape index (κ1) is 10.1. The molecule has 0 radical (unpaired) electrons. The van der Waals surface area contributed by atoms with Gasteiger partial charge in [-0.2, -0.15) is 10.5 Å². The molecule has 1 aromatic heterocycles. The summed E-state index contributed by atoms with van der Waals surface area (Å²) in [5.41, 5.74) is -0.240. The van der Waals surface area contributed by atoms with Gasteiger partial charge in [0.05, 0.1) is 18.1 Å². The fourth-order valence-corrected chi connectivity index (χ4v) is 0.970. The third kappa shape index (κ3) is 2.02. The normalized spacial score (nSPS) is 9.50. The van der Waals surface area contributed by atoms with Crippen LogP contribution in [0.15, 0.2) is 12.3 Å². The van der Waals surface area contributed by atoms with Gasteiger partial charge in [0.25, 0.3) is 6.43 Å². The number of hydrogen-bond acceptors (Lipinski definition) is 3. The molecule has 0 aliphatic rings. The highest BCUT2D eigenvalue weighted by molar-refractivity contribution is 5.37. The molecule has 0 spiro atoms. The van der Waals surface area contributed by atoms with Crippen LogP contribution in [0.2, 0.25) is 0 Å². The molecule has 0 amide bonds. The zero-order valence-electron chi connectivity index (χ0n) is 7.04. The molecule has 0 saturated carbocycles. The van der Waals surface area contributed by atoms with Gasteiger partial charge >= 0.3 is 0 Å². The zero-order chi connectivity index (χ0) is 10.6. The molecule has 0 bridgehead atoms. The van der Waals surface area contributed by atoms with Crippen LogP contribution < -0.4 is 0 Å². The van der Waals surface area contributed by atoms with E-state index in [-0.39, 0.29) is 12.0 Å². The van der Waals surface area contributed by atoms with Gasteiger partial charge in [-0.1, -0.05) is 0 Å². The standard InChI is InChI=1S/C9H5F2N3/c10-9(11)8-7(4-13)3-6(1-2-12)5-14-8/h3,5,9H,1H2.